The molecule has 3 aromatic rings. The fraction of sp³-hybridized carbons (Fsp3) is 0.346. The monoisotopic (exact) mass is 496 g/mol. The van der Waals surface area contributed by atoms with Crippen LogP contribution < -0.4 is 10.1 Å². The Kier molecular flexibility index (Phi) is 6.72. The second-order valence-corrected chi connectivity index (χ2v) is 9.22. The quantitative estimate of drug-likeness (QED) is 0.433. The number of hydrogen-bond acceptors (Lipinski definition) is 6. The first-order valence-electron chi connectivity index (χ1n) is 11.7. The number of allylic oxidation sites excluding steroid dienone is 1. The molecule has 1 aliphatic heterocycles. The molecule has 0 spiro atoms. The van der Waals surface area contributed by atoms with E-state index in [1.165, 1.54) is 18.8 Å². The summed E-state index contributed by atoms with van der Waals surface area (Å²) in [5.74, 6) is 0.343. The first-order valence-corrected chi connectivity index (χ1v) is 12.1. The van der Waals surface area contributed by atoms with Crippen molar-refractivity contribution >= 4 is 23.5 Å². The molecule has 1 unspecified atom stereocenters. The predicted octanol–water partition coefficient (Wildman–Crippen LogP) is 5.81. The third-order valence-electron chi connectivity index (χ3n) is 6.48. The molecule has 0 amide bonds. The van der Waals surface area contributed by atoms with Crippen molar-refractivity contribution in [1.29, 1.82) is 0 Å². The van der Waals surface area contributed by atoms with Crippen LogP contribution in [0.15, 0.2) is 60.1 Å². The van der Waals surface area contributed by atoms with Gasteiger partial charge >= 0.3 is 5.97 Å². The SMILES string of the molecule is CC1=C(C(=O)OC2CCCCC2)C(c2ccc(OCc3c(F)cccc3Cl)cc2)n2ncnc2N1. The van der Waals surface area contributed by atoms with Crippen molar-refractivity contribution < 1.29 is 18.7 Å². The van der Waals surface area contributed by atoms with Crippen molar-refractivity contribution in [2.24, 2.45) is 0 Å². The van der Waals surface area contributed by atoms with Crippen LogP contribution in [0, 0.1) is 5.82 Å². The molecule has 1 aliphatic carbocycles. The summed E-state index contributed by atoms with van der Waals surface area (Å²) in [6.45, 7) is 1.85. The number of nitrogens with one attached hydrogen (secondary N) is 1. The molecule has 0 saturated heterocycles. The van der Waals surface area contributed by atoms with Crippen molar-refractivity contribution in [3.05, 3.63) is 82.0 Å². The predicted molar refractivity (Wildman–Crippen MR) is 130 cm³/mol. The number of halogens is 2. The van der Waals surface area contributed by atoms with E-state index in [0.29, 0.717) is 33.6 Å². The van der Waals surface area contributed by atoms with E-state index < -0.39 is 11.9 Å². The highest BCUT2D eigenvalue weighted by molar-refractivity contribution is 6.31. The zero-order valence-electron chi connectivity index (χ0n) is 19.3. The second kappa shape index (κ2) is 10.1. The third-order valence-corrected chi connectivity index (χ3v) is 6.84. The number of carbonyl (C=O) groups excluding carboxylic acids is 1. The first-order chi connectivity index (χ1) is 17.0. The number of nitrogens with zero attached hydrogens (tertiary/aromatic N) is 3. The molecule has 5 rings (SSSR count). The molecular formula is C26H26ClFN4O3. The summed E-state index contributed by atoms with van der Waals surface area (Å²) in [6, 6.07) is 11.3. The molecule has 35 heavy (non-hydrogen) atoms. The van der Waals surface area contributed by atoms with Gasteiger partial charge in [0.1, 0.15) is 36.6 Å². The van der Waals surface area contributed by atoms with Crippen molar-refractivity contribution in [2.45, 2.75) is 57.8 Å². The molecule has 0 radical (unpaired) electrons. The van der Waals surface area contributed by atoms with Gasteiger partial charge in [-0.3, -0.25) is 0 Å². The van der Waals surface area contributed by atoms with Crippen LogP contribution in [0.1, 0.15) is 56.2 Å². The largest absolute Gasteiger partial charge is 0.489 e. The van der Waals surface area contributed by atoms with Gasteiger partial charge in [-0.05, 0) is 62.4 Å². The second-order valence-electron chi connectivity index (χ2n) is 8.82. The number of esters is 1. The fourth-order valence-corrected chi connectivity index (χ4v) is 4.85. The summed E-state index contributed by atoms with van der Waals surface area (Å²) < 4.78 is 27.4. The topological polar surface area (TPSA) is 78.3 Å². The summed E-state index contributed by atoms with van der Waals surface area (Å²) in [7, 11) is 0. The fourth-order valence-electron chi connectivity index (χ4n) is 4.63. The van der Waals surface area contributed by atoms with E-state index in [9.17, 15) is 9.18 Å². The van der Waals surface area contributed by atoms with Crippen molar-refractivity contribution in [2.75, 3.05) is 5.32 Å². The number of fused-ring (bicyclic) bond motifs is 1. The summed E-state index contributed by atoms with van der Waals surface area (Å²) in [6.07, 6.45) is 6.50. The van der Waals surface area contributed by atoms with Gasteiger partial charge in [0.25, 0.3) is 0 Å². The van der Waals surface area contributed by atoms with Crippen LogP contribution in [0.2, 0.25) is 5.02 Å². The van der Waals surface area contributed by atoms with Crippen LogP contribution in [0.4, 0.5) is 10.3 Å². The van der Waals surface area contributed by atoms with Gasteiger partial charge in [-0.25, -0.2) is 13.9 Å². The van der Waals surface area contributed by atoms with Gasteiger partial charge in [0.05, 0.1) is 10.6 Å². The van der Waals surface area contributed by atoms with Crippen LogP contribution >= 0.6 is 11.6 Å². The summed E-state index contributed by atoms with van der Waals surface area (Å²) in [5, 5.41) is 7.84. The standard InChI is InChI=1S/C26H26ClFN4O3/c1-16-23(25(33)35-19-6-3-2-4-7-19)24(32-26(31-16)29-15-30-32)17-10-12-18(13-11-17)34-14-20-21(27)8-5-9-22(20)28/h5,8-13,15,19,24H,2-4,6-7,14H2,1H3,(H,29,30,31). The minimum Gasteiger partial charge on any atom is -0.489 e. The Morgan fingerprint density at radius 1 is 1.17 bits per heavy atom. The molecule has 2 heterocycles. The van der Waals surface area contributed by atoms with E-state index >= 15 is 0 Å². The molecule has 1 N–H and O–H groups in total. The van der Waals surface area contributed by atoms with Crippen molar-refractivity contribution in [3.8, 4) is 5.75 Å². The zero-order valence-corrected chi connectivity index (χ0v) is 20.1. The Balaban J connectivity index is 1.38. The maximum atomic E-state index is 14.1. The van der Waals surface area contributed by atoms with Gasteiger partial charge < -0.3 is 14.8 Å². The molecule has 1 fully saturated rings. The van der Waals surface area contributed by atoms with E-state index in [1.54, 1.807) is 28.9 Å². The number of rotatable bonds is 6. The van der Waals surface area contributed by atoms with E-state index in [4.69, 9.17) is 21.1 Å². The minimum absolute atomic E-state index is 0.00337. The Morgan fingerprint density at radius 2 is 1.94 bits per heavy atom. The summed E-state index contributed by atoms with van der Waals surface area (Å²) in [4.78, 5) is 17.6. The maximum absolute atomic E-state index is 14.1. The molecule has 1 atom stereocenters. The Morgan fingerprint density at radius 3 is 2.69 bits per heavy atom. The number of aromatic nitrogens is 3. The van der Waals surface area contributed by atoms with E-state index in [-0.39, 0.29) is 18.7 Å². The Labute approximate surface area is 207 Å². The molecule has 2 aromatic carbocycles. The number of benzene rings is 2. The van der Waals surface area contributed by atoms with Gasteiger partial charge in [0, 0.05) is 11.3 Å². The van der Waals surface area contributed by atoms with Crippen LogP contribution in [0.25, 0.3) is 0 Å². The summed E-state index contributed by atoms with van der Waals surface area (Å²) >= 11 is 6.10. The Hall–Kier alpha value is -3.39. The smallest absolute Gasteiger partial charge is 0.338 e. The molecule has 1 aromatic heterocycles. The number of ether oxygens (including phenoxy) is 2. The lowest BCUT2D eigenvalue weighted by atomic mass is 9.95. The highest BCUT2D eigenvalue weighted by Gasteiger charge is 2.35. The average molecular weight is 497 g/mol. The highest BCUT2D eigenvalue weighted by atomic mass is 35.5. The van der Waals surface area contributed by atoms with E-state index in [2.05, 4.69) is 15.4 Å². The number of anilines is 1. The normalized spacial score (nSPS) is 18.1. The lowest BCUT2D eigenvalue weighted by Crippen LogP contribution is -2.32. The van der Waals surface area contributed by atoms with Crippen LogP contribution in [-0.2, 0) is 16.1 Å². The Bertz CT molecular complexity index is 1230. The van der Waals surface area contributed by atoms with Gasteiger partial charge in [0.2, 0.25) is 5.95 Å². The molecule has 182 valence electrons. The molecule has 7 nitrogen and oxygen atoms in total. The minimum atomic E-state index is -0.500. The van der Waals surface area contributed by atoms with Gasteiger partial charge in [0.15, 0.2) is 0 Å². The van der Waals surface area contributed by atoms with Gasteiger partial charge in [-0.15, -0.1) is 0 Å². The molecular weight excluding hydrogens is 471 g/mol. The van der Waals surface area contributed by atoms with Gasteiger partial charge in [-0.2, -0.15) is 10.1 Å². The average Bonchev–Trinajstić information content (AvgIpc) is 3.32. The molecule has 2 aliphatic rings. The maximum Gasteiger partial charge on any atom is 0.338 e. The molecule has 1 saturated carbocycles. The van der Waals surface area contributed by atoms with Crippen LogP contribution in [-0.4, -0.2) is 26.8 Å². The van der Waals surface area contributed by atoms with E-state index in [1.807, 2.05) is 19.1 Å². The molecule has 0 bridgehead atoms. The zero-order chi connectivity index (χ0) is 24.4. The number of carbonyl (C=O) groups is 1. The van der Waals surface area contributed by atoms with Crippen molar-refractivity contribution in [3.63, 3.8) is 0 Å². The van der Waals surface area contributed by atoms with Crippen molar-refractivity contribution in [1.82, 2.24) is 14.8 Å². The highest BCUT2D eigenvalue weighted by Crippen LogP contribution is 2.36. The lowest BCUT2D eigenvalue weighted by Gasteiger charge is -2.30. The lowest BCUT2D eigenvalue weighted by molar-refractivity contribution is -0.146. The van der Waals surface area contributed by atoms with E-state index in [0.717, 1.165) is 31.2 Å². The molecule has 9 heteroatoms. The summed E-state index contributed by atoms with van der Waals surface area (Å²) in [5.41, 5.74) is 2.31. The van der Waals surface area contributed by atoms with Crippen LogP contribution in [0.3, 0.4) is 0 Å². The first kappa shape index (κ1) is 23.4. The van der Waals surface area contributed by atoms with Crippen LogP contribution in [0.5, 0.6) is 5.75 Å². The van der Waals surface area contributed by atoms with Gasteiger partial charge in [-0.1, -0.05) is 36.2 Å². The third kappa shape index (κ3) is 4.89. The number of hydrogen-bond donors (Lipinski definition) is 1.